The zero-order valence-corrected chi connectivity index (χ0v) is 11.8. The maximum atomic E-state index is 9.76. The fraction of sp³-hybridized carbons (Fsp3) is 0.875. The number of hydrogen-bond donors (Lipinski definition) is 1. The second kappa shape index (κ2) is 13.8. The van der Waals surface area contributed by atoms with Crippen LogP contribution in [0.15, 0.2) is 12.7 Å². The van der Waals surface area contributed by atoms with Gasteiger partial charge in [-0.25, -0.2) is 0 Å². The minimum atomic E-state index is -0.0598. The molecule has 0 heterocycles. The van der Waals surface area contributed by atoms with Gasteiger partial charge in [0.25, 0.3) is 0 Å². The average Bonchev–Trinajstić information content (AvgIpc) is 2.33. The Bertz CT molecular complexity index is 154. The normalized spacial score (nSPS) is 12.6. The molecule has 0 spiro atoms. The van der Waals surface area contributed by atoms with Gasteiger partial charge in [0.1, 0.15) is 0 Å². The Hall–Kier alpha value is -0.300. The van der Waals surface area contributed by atoms with Crippen molar-refractivity contribution in [1.82, 2.24) is 0 Å². The van der Waals surface area contributed by atoms with E-state index in [-0.39, 0.29) is 6.10 Å². The molecule has 0 aliphatic heterocycles. The monoisotopic (exact) mass is 240 g/mol. The predicted molar refractivity (Wildman–Crippen MR) is 77.3 cm³/mol. The van der Waals surface area contributed by atoms with Crippen molar-refractivity contribution in [2.75, 3.05) is 0 Å². The van der Waals surface area contributed by atoms with Gasteiger partial charge in [-0.3, -0.25) is 0 Å². The van der Waals surface area contributed by atoms with Crippen LogP contribution >= 0.6 is 0 Å². The van der Waals surface area contributed by atoms with Gasteiger partial charge in [0.05, 0.1) is 6.10 Å². The van der Waals surface area contributed by atoms with Gasteiger partial charge in [-0.1, -0.05) is 64.4 Å². The number of hydrogen-bond acceptors (Lipinski definition) is 1. The zero-order valence-electron chi connectivity index (χ0n) is 11.8. The fourth-order valence-corrected chi connectivity index (χ4v) is 2.15. The van der Waals surface area contributed by atoms with Crippen molar-refractivity contribution < 1.29 is 5.11 Å². The molecule has 0 rings (SSSR count). The summed E-state index contributed by atoms with van der Waals surface area (Å²) in [5, 5.41) is 9.76. The summed E-state index contributed by atoms with van der Waals surface area (Å²) in [4.78, 5) is 0. The third-order valence-corrected chi connectivity index (χ3v) is 3.34. The number of aliphatic hydroxyl groups excluding tert-OH is 1. The number of rotatable bonds is 13. The molecule has 0 aromatic carbocycles. The molecular weight excluding hydrogens is 208 g/mol. The molecule has 0 saturated carbocycles. The molecule has 0 saturated heterocycles. The lowest BCUT2D eigenvalue weighted by Gasteiger charge is -2.09. The SMILES string of the molecule is C=CCCCCC(O)CCCCCCCCC. The van der Waals surface area contributed by atoms with Gasteiger partial charge in [-0.15, -0.1) is 6.58 Å². The summed E-state index contributed by atoms with van der Waals surface area (Å²) in [7, 11) is 0. The van der Waals surface area contributed by atoms with Crippen molar-refractivity contribution >= 4 is 0 Å². The van der Waals surface area contributed by atoms with E-state index in [1.807, 2.05) is 6.08 Å². The van der Waals surface area contributed by atoms with E-state index in [4.69, 9.17) is 0 Å². The maximum Gasteiger partial charge on any atom is 0.0540 e. The van der Waals surface area contributed by atoms with Crippen LogP contribution in [0.3, 0.4) is 0 Å². The highest BCUT2D eigenvalue weighted by Gasteiger charge is 2.02. The fourth-order valence-electron chi connectivity index (χ4n) is 2.15. The van der Waals surface area contributed by atoms with Gasteiger partial charge in [-0.05, 0) is 25.7 Å². The van der Waals surface area contributed by atoms with E-state index in [1.165, 1.54) is 51.4 Å². The van der Waals surface area contributed by atoms with Crippen LogP contribution < -0.4 is 0 Å². The average molecular weight is 240 g/mol. The Morgan fingerprint density at radius 2 is 1.41 bits per heavy atom. The van der Waals surface area contributed by atoms with Crippen molar-refractivity contribution in [2.45, 2.75) is 90.1 Å². The first-order valence-electron chi connectivity index (χ1n) is 7.60. The van der Waals surface area contributed by atoms with E-state index in [0.29, 0.717) is 0 Å². The largest absolute Gasteiger partial charge is 0.393 e. The molecule has 0 bridgehead atoms. The van der Waals surface area contributed by atoms with Crippen molar-refractivity contribution in [1.29, 1.82) is 0 Å². The number of aliphatic hydroxyl groups is 1. The van der Waals surface area contributed by atoms with E-state index >= 15 is 0 Å². The number of unbranched alkanes of at least 4 members (excludes halogenated alkanes) is 8. The topological polar surface area (TPSA) is 20.2 Å². The highest BCUT2D eigenvalue weighted by atomic mass is 16.3. The van der Waals surface area contributed by atoms with Crippen LogP contribution in [0.5, 0.6) is 0 Å². The lowest BCUT2D eigenvalue weighted by molar-refractivity contribution is 0.147. The Labute approximate surface area is 108 Å². The van der Waals surface area contributed by atoms with Gasteiger partial charge in [-0.2, -0.15) is 0 Å². The smallest absolute Gasteiger partial charge is 0.0540 e. The molecule has 0 amide bonds. The lowest BCUT2D eigenvalue weighted by atomic mass is 10.0. The zero-order chi connectivity index (χ0) is 12.8. The Morgan fingerprint density at radius 1 is 0.882 bits per heavy atom. The van der Waals surface area contributed by atoms with Crippen molar-refractivity contribution in [2.24, 2.45) is 0 Å². The predicted octanol–water partition coefficient (Wildman–Crippen LogP) is 5.23. The molecule has 1 nitrogen and oxygen atoms in total. The van der Waals surface area contributed by atoms with Crippen LogP contribution in [0.25, 0.3) is 0 Å². The summed E-state index contributed by atoms with van der Waals surface area (Å²) < 4.78 is 0. The first-order chi connectivity index (χ1) is 8.31. The third kappa shape index (κ3) is 13.6. The van der Waals surface area contributed by atoms with Crippen LogP contribution in [0.2, 0.25) is 0 Å². The van der Waals surface area contributed by atoms with E-state index < -0.39 is 0 Å². The molecular formula is C16H32O. The van der Waals surface area contributed by atoms with Crippen LogP contribution in [0.1, 0.15) is 84.0 Å². The van der Waals surface area contributed by atoms with Crippen LogP contribution in [0.4, 0.5) is 0 Å². The van der Waals surface area contributed by atoms with Crippen LogP contribution in [0, 0.1) is 0 Å². The maximum absolute atomic E-state index is 9.76. The Morgan fingerprint density at radius 3 is 2.00 bits per heavy atom. The van der Waals surface area contributed by atoms with Gasteiger partial charge < -0.3 is 5.11 Å². The molecule has 1 unspecified atom stereocenters. The number of allylic oxidation sites excluding steroid dienone is 1. The Kier molecular flexibility index (Phi) is 13.5. The lowest BCUT2D eigenvalue weighted by Crippen LogP contribution is -2.05. The molecule has 0 radical (unpaired) electrons. The van der Waals surface area contributed by atoms with Crippen LogP contribution in [-0.2, 0) is 0 Å². The highest BCUT2D eigenvalue weighted by Crippen LogP contribution is 2.13. The third-order valence-electron chi connectivity index (χ3n) is 3.34. The summed E-state index contributed by atoms with van der Waals surface area (Å²) in [5.41, 5.74) is 0. The van der Waals surface area contributed by atoms with E-state index in [1.54, 1.807) is 0 Å². The quantitative estimate of drug-likeness (QED) is 0.345. The molecule has 1 heteroatoms. The molecule has 102 valence electrons. The molecule has 0 aliphatic carbocycles. The minimum absolute atomic E-state index is 0.0598. The van der Waals surface area contributed by atoms with Crippen LogP contribution in [-0.4, -0.2) is 11.2 Å². The second-order valence-electron chi connectivity index (χ2n) is 5.14. The molecule has 0 fully saturated rings. The van der Waals surface area contributed by atoms with Crippen molar-refractivity contribution in [3.63, 3.8) is 0 Å². The molecule has 1 atom stereocenters. The van der Waals surface area contributed by atoms with E-state index in [0.717, 1.165) is 25.7 Å². The summed E-state index contributed by atoms with van der Waals surface area (Å²) >= 11 is 0. The van der Waals surface area contributed by atoms with Gasteiger partial charge >= 0.3 is 0 Å². The summed E-state index contributed by atoms with van der Waals surface area (Å²) in [6.07, 6.45) is 16.6. The first kappa shape index (κ1) is 16.7. The van der Waals surface area contributed by atoms with Gasteiger partial charge in [0.2, 0.25) is 0 Å². The molecule has 0 aromatic heterocycles. The molecule has 1 N–H and O–H groups in total. The van der Waals surface area contributed by atoms with Crippen molar-refractivity contribution in [3.05, 3.63) is 12.7 Å². The second-order valence-corrected chi connectivity index (χ2v) is 5.14. The van der Waals surface area contributed by atoms with Crippen molar-refractivity contribution in [3.8, 4) is 0 Å². The Balaban J connectivity index is 3.10. The van der Waals surface area contributed by atoms with Gasteiger partial charge in [0, 0.05) is 0 Å². The summed E-state index contributed by atoms with van der Waals surface area (Å²) in [6, 6.07) is 0. The van der Waals surface area contributed by atoms with E-state index in [9.17, 15) is 5.11 Å². The van der Waals surface area contributed by atoms with Gasteiger partial charge in [0.15, 0.2) is 0 Å². The minimum Gasteiger partial charge on any atom is -0.393 e. The standard InChI is InChI=1S/C16H32O/c1-3-5-7-9-10-11-13-15-16(17)14-12-8-6-4-2/h4,16-17H,2-3,5-15H2,1H3. The highest BCUT2D eigenvalue weighted by molar-refractivity contribution is 4.66. The first-order valence-corrected chi connectivity index (χ1v) is 7.60. The van der Waals surface area contributed by atoms with E-state index in [2.05, 4.69) is 13.5 Å². The summed E-state index contributed by atoms with van der Waals surface area (Å²) in [5.74, 6) is 0. The molecule has 0 aliphatic rings. The molecule has 0 aromatic rings. The molecule has 17 heavy (non-hydrogen) atoms. The summed E-state index contributed by atoms with van der Waals surface area (Å²) in [6.45, 7) is 5.96.